The van der Waals surface area contributed by atoms with Crippen LogP contribution < -0.4 is 5.32 Å². The average Bonchev–Trinajstić information content (AvgIpc) is 2.09. The van der Waals surface area contributed by atoms with Gasteiger partial charge in [-0.05, 0) is 25.5 Å². The highest BCUT2D eigenvalue weighted by molar-refractivity contribution is 6.32. The molecule has 14 heavy (non-hydrogen) atoms. The number of aryl methyl sites for hydroxylation is 1. The second kappa shape index (κ2) is 4.62. The molecule has 1 unspecified atom stereocenters. The lowest BCUT2D eigenvalue weighted by Gasteiger charge is -2.08. The third-order valence-electron chi connectivity index (χ3n) is 1.70. The van der Waals surface area contributed by atoms with Gasteiger partial charge in [0, 0.05) is 0 Å². The van der Waals surface area contributed by atoms with E-state index in [1.54, 1.807) is 13.0 Å². The van der Waals surface area contributed by atoms with Gasteiger partial charge >= 0.3 is 0 Å². The Morgan fingerprint density at radius 1 is 1.64 bits per heavy atom. The number of anilines is 1. The summed E-state index contributed by atoms with van der Waals surface area (Å²) in [5.41, 5.74) is 1.49. The summed E-state index contributed by atoms with van der Waals surface area (Å²) >= 11 is 11.3. The molecule has 1 aromatic rings. The van der Waals surface area contributed by atoms with Gasteiger partial charge < -0.3 is 5.32 Å². The number of carbonyl (C=O) groups excluding carboxylic acids is 1. The fraction of sp³-hybridized carbons (Fsp3) is 0.333. The zero-order valence-electron chi connectivity index (χ0n) is 7.84. The number of halogens is 2. The van der Waals surface area contributed by atoms with Crippen LogP contribution in [0.2, 0.25) is 5.15 Å². The van der Waals surface area contributed by atoms with E-state index in [0.29, 0.717) is 10.8 Å². The van der Waals surface area contributed by atoms with Gasteiger partial charge in [-0.25, -0.2) is 4.98 Å². The number of alkyl halides is 1. The second-order valence-electron chi connectivity index (χ2n) is 2.93. The summed E-state index contributed by atoms with van der Waals surface area (Å²) < 4.78 is 0. The van der Waals surface area contributed by atoms with Gasteiger partial charge in [0.1, 0.15) is 10.5 Å². The highest BCUT2D eigenvalue weighted by Gasteiger charge is 2.10. The lowest BCUT2D eigenvalue weighted by Crippen LogP contribution is -2.20. The molecule has 1 rings (SSSR count). The predicted octanol–water partition coefficient (Wildman–Crippen LogP) is 2.61. The van der Waals surface area contributed by atoms with Crippen LogP contribution in [0.15, 0.2) is 12.3 Å². The van der Waals surface area contributed by atoms with Crippen LogP contribution in [-0.4, -0.2) is 16.3 Å². The molecule has 1 heterocycles. The van der Waals surface area contributed by atoms with Crippen molar-refractivity contribution in [2.75, 3.05) is 5.32 Å². The van der Waals surface area contributed by atoms with Crippen molar-refractivity contribution in [2.24, 2.45) is 0 Å². The predicted molar refractivity (Wildman–Crippen MR) is 57.9 cm³/mol. The molecule has 0 aliphatic carbocycles. The molecule has 3 nitrogen and oxygen atoms in total. The Morgan fingerprint density at radius 2 is 2.29 bits per heavy atom. The van der Waals surface area contributed by atoms with Crippen LogP contribution in [0.25, 0.3) is 0 Å². The Morgan fingerprint density at radius 3 is 2.79 bits per heavy atom. The minimum atomic E-state index is -0.565. The van der Waals surface area contributed by atoms with E-state index < -0.39 is 5.38 Å². The number of aromatic nitrogens is 1. The molecule has 1 atom stereocenters. The monoisotopic (exact) mass is 232 g/mol. The quantitative estimate of drug-likeness (QED) is 0.630. The van der Waals surface area contributed by atoms with Crippen LogP contribution >= 0.6 is 23.2 Å². The summed E-state index contributed by atoms with van der Waals surface area (Å²) in [5, 5.41) is 2.48. The van der Waals surface area contributed by atoms with Gasteiger partial charge in [-0.3, -0.25) is 4.79 Å². The molecular formula is C9H10Cl2N2O. The topological polar surface area (TPSA) is 42.0 Å². The molecule has 0 radical (unpaired) electrons. The Hall–Kier alpha value is -0.800. The van der Waals surface area contributed by atoms with Gasteiger partial charge in [0.2, 0.25) is 5.91 Å². The molecule has 0 aliphatic rings. The second-order valence-corrected chi connectivity index (χ2v) is 3.97. The molecule has 1 amide bonds. The Labute approximate surface area is 92.4 Å². The lowest BCUT2D eigenvalue weighted by atomic mass is 10.2. The number of amides is 1. The summed E-state index contributed by atoms with van der Waals surface area (Å²) in [6.45, 7) is 3.44. The van der Waals surface area contributed by atoms with E-state index in [2.05, 4.69) is 10.3 Å². The third-order valence-corrected chi connectivity index (χ3v) is 2.10. The van der Waals surface area contributed by atoms with E-state index >= 15 is 0 Å². The zero-order chi connectivity index (χ0) is 10.7. The van der Waals surface area contributed by atoms with E-state index in [0.717, 1.165) is 5.56 Å². The lowest BCUT2D eigenvalue weighted by molar-refractivity contribution is -0.115. The van der Waals surface area contributed by atoms with E-state index in [1.165, 1.54) is 6.20 Å². The van der Waals surface area contributed by atoms with Crippen LogP contribution in [0.4, 0.5) is 5.69 Å². The van der Waals surface area contributed by atoms with Gasteiger partial charge in [-0.15, -0.1) is 11.6 Å². The molecule has 0 spiro atoms. The fourth-order valence-electron chi connectivity index (χ4n) is 0.885. The molecule has 5 heteroatoms. The van der Waals surface area contributed by atoms with Gasteiger partial charge in [0.15, 0.2) is 0 Å². The summed E-state index contributed by atoms with van der Waals surface area (Å²) in [6, 6.07) is 1.68. The molecule has 1 aromatic heterocycles. The van der Waals surface area contributed by atoms with Crippen LogP contribution in [0.5, 0.6) is 0 Å². The van der Waals surface area contributed by atoms with Crippen molar-refractivity contribution < 1.29 is 4.79 Å². The van der Waals surface area contributed by atoms with Gasteiger partial charge in [0.05, 0.1) is 11.9 Å². The van der Waals surface area contributed by atoms with E-state index in [4.69, 9.17) is 23.2 Å². The zero-order valence-corrected chi connectivity index (χ0v) is 9.36. The van der Waals surface area contributed by atoms with Crippen molar-refractivity contribution in [3.8, 4) is 0 Å². The molecule has 0 aliphatic heterocycles. The smallest absolute Gasteiger partial charge is 0.242 e. The number of hydrogen-bond donors (Lipinski definition) is 1. The number of carbonyl (C=O) groups is 1. The molecule has 0 bridgehead atoms. The maximum Gasteiger partial charge on any atom is 0.242 e. The average molecular weight is 233 g/mol. The summed E-state index contributed by atoms with van der Waals surface area (Å²) in [7, 11) is 0. The Kier molecular flexibility index (Phi) is 3.72. The first kappa shape index (κ1) is 11.3. The highest BCUT2D eigenvalue weighted by Crippen LogP contribution is 2.17. The number of nitrogens with one attached hydrogen (secondary N) is 1. The van der Waals surface area contributed by atoms with E-state index in [1.807, 2.05) is 6.92 Å². The normalized spacial score (nSPS) is 12.3. The number of rotatable bonds is 2. The fourth-order valence-corrected chi connectivity index (χ4v) is 1.15. The first-order chi connectivity index (χ1) is 6.50. The van der Waals surface area contributed by atoms with Crippen LogP contribution in [0.1, 0.15) is 12.5 Å². The highest BCUT2D eigenvalue weighted by atomic mass is 35.5. The molecule has 0 saturated heterocycles. The largest absolute Gasteiger partial charge is 0.323 e. The molecular weight excluding hydrogens is 223 g/mol. The minimum absolute atomic E-state index is 0.251. The minimum Gasteiger partial charge on any atom is -0.323 e. The summed E-state index contributed by atoms with van der Waals surface area (Å²) in [6.07, 6.45) is 1.51. The maximum atomic E-state index is 11.2. The van der Waals surface area contributed by atoms with Crippen molar-refractivity contribution >= 4 is 34.8 Å². The number of hydrogen-bond acceptors (Lipinski definition) is 2. The van der Waals surface area contributed by atoms with Crippen molar-refractivity contribution in [1.82, 2.24) is 4.98 Å². The molecule has 76 valence electrons. The SMILES string of the molecule is Cc1cc(Cl)ncc1NC(=O)C(C)Cl. The van der Waals surface area contributed by atoms with Crippen LogP contribution in [0, 0.1) is 6.92 Å². The first-order valence-corrected chi connectivity index (χ1v) is 4.89. The van der Waals surface area contributed by atoms with Crippen molar-refractivity contribution in [3.05, 3.63) is 23.0 Å². The number of nitrogens with zero attached hydrogens (tertiary/aromatic N) is 1. The van der Waals surface area contributed by atoms with Crippen LogP contribution in [0.3, 0.4) is 0 Å². The molecule has 0 saturated carbocycles. The maximum absolute atomic E-state index is 11.2. The van der Waals surface area contributed by atoms with Crippen molar-refractivity contribution in [3.63, 3.8) is 0 Å². The molecule has 0 fully saturated rings. The summed E-state index contributed by atoms with van der Waals surface area (Å²) in [4.78, 5) is 15.1. The van der Waals surface area contributed by atoms with Crippen molar-refractivity contribution in [2.45, 2.75) is 19.2 Å². The van der Waals surface area contributed by atoms with Crippen molar-refractivity contribution in [1.29, 1.82) is 0 Å². The van der Waals surface area contributed by atoms with Gasteiger partial charge in [-0.1, -0.05) is 11.6 Å². The molecule has 0 aromatic carbocycles. The Balaban J connectivity index is 2.82. The first-order valence-electron chi connectivity index (χ1n) is 4.08. The Bertz CT molecular complexity index is 353. The van der Waals surface area contributed by atoms with Gasteiger partial charge in [-0.2, -0.15) is 0 Å². The standard InChI is InChI=1S/C9H10Cl2N2O/c1-5-3-8(11)12-4-7(5)13-9(14)6(2)10/h3-4,6H,1-2H3,(H,13,14). The molecule has 1 N–H and O–H groups in total. The summed E-state index contributed by atoms with van der Waals surface area (Å²) in [5.74, 6) is -0.251. The van der Waals surface area contributed by atoms with E-state index in [-0.39, 0.29) is 5.91 Å². The van der Waals surface area contributed by atoms with Crippen LogP contribution in [-0.2, 0) is 4.79 Å². The van der Waals surface area contributed by atoms with E-state index in [9.17, 15) is 4.79 Å². The number of pyridine rings is 1. The third kappa shape index (κ3) is 2.86. The van der Waals surface area contributed by atoms with Gasteiger partial charge in [0.25, 0.3) is 0 Å².